The molecule has 1 saturated heterocycles. The van der Waals surface area contributed by atoms with Crippen LogP contribution in [-0.4, -0.2) is 48.4 Å². The maximum absolute atomic E-state index is 12.5. The van der Waals surface area contributed by atoms with Crippen molar-refractivity contribution < 1.29 is 9.21 Å². The smallest absolute Gasteiger partial charge is 0.238 e. The van der Waals surface area contributed by atoms with E-state index in [1.54, 1.807) is 0 Å². The third-order valence-corrected chi connectivity index (χ3v) is 5.24. The maximum Gasteiger partial charge on any atom is 0.238 e. The molecule has 1 aliphatic heterocycles. The van der Waals surface area contributed by atoms with Crippen LogP contribution in [0.25, 0.3) is 0 Å². The van der Waals surface area contributed by atoms with Crippen molar-refractivity contribution in [2.45, 2.75) is 40.2 Å². The van der Waals surface area contributed by atoms with Gasteiger partial charge in [0, 0.05) is 25.2 Å². The van der Waals surface area contributed by atoms with E-state index in [-0.39, 0.29) is 5.91 Å². The highest BCUT2D eigenvalue weighted by Crippen LogP contribution is 2.19. The summed E-state index contributed by atoms with van der Waals surface area (Å²) in [7, 11) is 0. The van der Waals surface area contributed by atoms with E-state index in [4.69, 9.17) is 4.42 Å². The van der Waals surface area contributed by atoms with Crippen LogP contribution >= 0.6 is 0 Å². The van der Waals surface area contributed by atoms with E-state index in [0.717, 1.165) is 73.9 Å². The van der Waals surface area contributed by atoms with Crippen molar-refractivity contribution in [3.8, 4) is 0 Å². The van der Waals surface area contributed by atoms with Crippen molar-refractivity contribution in [3.05, 3.63) is 53.0 Å². The number of para-hydroxylation sites is 1. The van der Waals surface area contributed by atoms with Gasteiger partial charge < -0.3 is 9.73 Å². The topological polar surface area (TPSA) is 48.7 Å². The fraction of sp³-hybridized carbons (Fsp3) is 0.500. The van der Waals surface area contributed by atoms with Gasteiger partial charge in [0.05, 0.1) is 13.1 Å². The molecule has 2 aromatic rings. The molecule has 0 radical (unpaired) electrons. The van der Waals surface area contributed by atoms with Gasteiger partial charge >= 0.3 is 0 Å². The lowest BCUT2D eigenvalue weighted by atomic mass is 10.1. The number of benzene rings is 1. The highest BCUT2D eigenvalue weighted by atomic mass is 16.3. The fourth-order valence-corrected chi connectivity index (χ4v) is 3.65. The Morgan fingerprint density at radius 1 is 1.00 bits per heavy atom. The largest absolute Gasteiger partial charge is 0.465 e. The van der Waals surface area contributed by atoms with Crippen LogP contribution in [0.15, 0.2) is 34.7 Å². The number of hydrogen-bond donors (Lipinski definition) is 1. The van der Waals surface area contributed by atoms with E-state index in [1.807, 2.05) is 32.0 Å². The van der Waals surface area contributed by atoms with Crippen molar-refractivity contribution in [3.63, 3.8) is 0 Å². The van der Waals surface area contributed by atoms with Crippen LogP contribution in [0.1, 0.15) is 36.0 Å². The van der Waals surface area contributed by atoms with Crippen molar-refractivity contribution in [2.24, 2.45) is 0 Å². The van der Waals surface area contributed by atoms with Crippen LogP contribution in [0.4, 0.5) is 5.69 Å². The van der Waals surface area contributed by atoms with Gasteiger partial charge in [-0.05, 0) is 56.6 Å². The molecule has 0 saturated carbocycles. The maximum atomic E-state index is 12.5. The molecular formula is C22H31N3O2. The van der Waals surface area contributed by atoms with E-state index < -0.39 is 0 Å². The average molecular weight is 370 g/mol. The second-order valence-electron chi connectivity index (χ2n) is 7.44. The first-order chi connectivity index (χ1) is 13.0. The predicted molar refractivity (Wildman–Crippen MR) is 109 cm³/mol. The molecule has 5 heteroatoms. The van der Waals surface area contributed by atoms with E-state index in [9.17, 15) is 4.79 Å². The Balaban J connectivity index is 1.49. The summed E-state index contributed by atoms with van der Waals surface area (Å²) in [5, 5.41) is 3.10. The monoisotopic (exact) mass is 369 g/mol. The molecule has 27 heavy (non-hydrogen) atoms. The Morgan fingerprint density at radius 3 is 2.37 bits per heavy atom. The van der Waals surface area contributed by atoms with Crippen LogP contribution in [0.3, 0.4) is 0 Å². The van der Waals surface area contributed by atoms with Gasteiger partial charge in [-0.1, -0.05) is 25.1 Å². The first-order valence-electron chi connectivity index (χ1n) is 9.93. The van der Waals surface area contributed by atoms with E-state index in [0.29, 0.717) is 6.54 Å². The van der Waals surface area contributed by atoms with Crippen molar-refractivity contribution in [1.29, 1.82) is 0 Å². The molecule has 2 heterocycles. The molecule has 3 rings (SSSR count). The summed E-state index contributed by atoms with van der Waals surface area (Å²) in [5.74, 6) is 2.15. The van der Waals surface area contributed by atoms with Gasteiger partial charge in [-0.3, -0.25) is 14.6 Å². The first-order valence-corrected chi connectivity index (χ1v) is 9.93. The predicted octanol–water partition coefficient (Wildman–Crippen LogP) is 3.61. The zero-order valence-corrected chi connectivity index (χ0v) is 16.8. The highest BCUT2D eigenvalue weighted by Gasteiger charge is 2.18. The molecule has 1 aromatic carbocycles. The Labute approximate surface area is 162 Å². The standard InChI is InChI=1S/C22H31N3O2/c1-4-19-9-10-20(27-19)15-24-11-6-12-25(14-13-24)16-21(26)23-22-17(2)7-5-8-18(22)3/h5,7-10H,4,6,11-16H2,1-3H3,(H,23,26). The molecule has 0 aliphatic carbocycles. The second-order valence-corrected chi connectivity index (χ2v) is 7.44. The van der Waals surface area contributed by atoms with Crippen molar-refractivity contribution >= 4 is 11.6 Å². The number of nitrogens with one attached hydrogen (secondary N) is 1. The van der Waals surface area contributed by atoms with Gasteiger partial charge in [0.25, 0.3) is 0 Å². The summed E-state index contributed by atoms with van der Waals surface area (Å²) in [6.45, 7) is 11.3. The third kappa shape index (κ3) is 5.44. The Kier molecular flexibility index (Phi) is 6.69. The molecule has 5 nitrogen and oxygen atoms in total. The van der Waals surface area contributed by atoms with E-state index >= 15 is 0 Å². The number of furan rings is 1. The number of nitrogens with zero attached hydrogens (tertiary/aromatic N) is 2. The lowest BCUT2D eigenvalue weighted by molar-refractivity contribution is -0.117. The number of amides is 1. The molecule has 0 atom stereocenters. The number of hydrogen-bond acceptors (Lipinski definition) is 4. The van der Waals surface area contributed by atoms with Gasteiger partial charge in [0.2, 0.25) is 5.91 Å². The zero-order chi connectivity index (χ0) is 19.2. The summed E-state index contributed by atoms with van der Waals surface area (Å²) in [5.41, 5.74) is 3.16. The number of aryl methyl sites for hydroxylation is 3. The molecule has 1 aliphatic rings. The molecule has 1 aromatic heterocycles. The van der Waals surface area contributed by atoms with Gasteiger partial charge in [0.15, 0.2) is 0 Å². The van der Waals surface area contributed by atoms with E-state index in [1.165, 1.54) is 0 Å². The fourth-order valence-electron chi connectivity index (χ4n) is 3.65. The van der Waals surface area contributed by atoms with Gasteiger partial charge in [-0.15, -0.1) is 0 Å². The minimum absolute atomic E-state index is 0.0690. The van der Waals surface area contributed by atoms with Crippen LogP contribution in [0.5, 0.6) is 0 Å². The normalized spacial score (nSPS) is 16.3. The molecule has 1 amide bonds. The number of anilines is 1. The summed E-state index contributed by atoms with van der Waals surface area (Å²) in [6, 6.07) is 10.2. The summed E-state index contributed by atoms with van der Waals surface area (Å²) >= 11 is 0. The zero-order valence-electron chi connectivity index (χ0n) is 16.8. The molecule has 0 spiro atoms. The number of rotatable bonds is 6. The van der Waals surface area contributed by atoms with Gasteiger partial charge in [0.1, 0.15) is 11.5 Å². The van der Waals surface area contributed by atoms with Crippen LogP contribution < -0.4 is 5.32 Å². The van der Waals surface area contributed by atoms with E-state index in [2.05, 4.69) is 34.2 Å². The molecule has 146 valence electrons. The minimum Gasteiger partial charge on any atom is -0.465 e. The lowest BCUT2D eigenvalue weighted by Crippen LogP contribution is -2.36. The quantitative estimate of drug-likeness (QED) is 0.845. The molecule has 1 N–H and O–H groups in total. The van der Waals surface area contributed by atoms with Crippen LogP contribution in [-0.2, 0) is 17.8 Å². The van der Waals surface area contributed by atoms with Crippen molar-refractivity contribution in [2.75, 3.05) is 38.0 Å². The van der Waals surface area contributed by atoms with Crippen LogP contribution in [0, 0.1) is 13.8 Å². The highest BCUT2D eigenvalue weighted by molar-refractivity contribution is 5.93. The molecule has 0 bridgehead atoms. The van der Waals surface area contributed by atoms with Crippen molar-refractivity contribution in [1.82, 2.24) is 9.80 Å². The lowest BCUT2D eigenvalue weighted by Gasteiger charge is -2.21. The Bertz CT molecular complexity index is 748. The third-order valence-electron chi connectivity index (χ3n) is 5.24. The molecule has 1 fully saturated rings. The number of carbonyl (C=O) groups is 1. The second kappa shape index (κ2) is 9.20. The summed E-state index contributed by atoms with van der Waals surface area (Å²) < 4.78 is 5.84. The average Bonchev–Trinajstić information content (AvgIpc) is 2.99. The number of carbonyl (C=O) groups excluding carboxylic acids is 1. The Morgan fingerprint density at radius 2 is 1.67 bits per heavy atom. The molecule has 0 unspecified atom stereocenters. The SMILES string of the molecule is CCc1ccc(CN2CCCN(CC(=O)Nc3c(C)cccc3C)CC2)o1. The van der Waals surface area contributed by atoms with Crippen LogP contribution in [0.2, 0.25) is 0 Å². The summed E-state index contributed by atoms with van der Waals surface area (Å²) in [6.07, 6.45) is 2.00. The summed E-state index contributed by atoms with van der Waals surface area (Å²) in [4.78, 5) is 17.2. The first kappa shape index (κ1) is 19.6. The van der Waals surface area contributed by atoms with Gasteiger partial charge in [-0.2, -0.15) is 0 Å². The minimum atomic E-state index is 0.0690. The van der Waals surface area contributed by atoms with Gasteiger partial charge in [-0.25, -0.2) is 0 Å². The molecular weight excluding hydrogens is 338 g/mol. The Hall–Kier alpha value is -2.11.